The number of nitrogens with zero attached hydrogens (tertiary/aromatic N) is 1. The molecule has 1 saturated heterocycles. The maximum Gasteiger partial charge on any atom is 0.325 e. The molecule has 32 heavy (non-hydrogen) atoms. The van der Waals surface area contributed by atoms with Gasteiger partial charge in [0.05, 0.1) is 19.9 Å². The summed E-state index contributed by atoms with van der Waals surface area (Å²) in [5.41, 5.74) is -0.247. The Morgan fingerprint density at radius 2 is 1.75 bits per heavy atom. The molecule has 3 aromatic carbocycles. The van der Waals surface area contributed by atoms with Gasteiger partial charge in [-0.15, -0.1) is 0 Å². The number of carbonyl (C=O) groups excluding carboxylic acids is 3. The highest BCUT2D eigenvalue weighted by molar-refractivity contribution is 6.10. The van der Waals surface area contributed by atoms with Gasteiger partial charge in [-0.2, -0.15) is 0 Å². The molecule has 0 aromatic heterocycles. The predicted molar refractivity (Wildman–Crippen MR) is 120 cm³/mol. The number of benzene rings is 3. The minimum Gasteiger partial charge on any atom is -0.497 e. The number of amides is 4. The number of rotatable bonds is 6. The third-order valence-corrected chi connectivity index (χ3v) is 5.58. The number of imide groups is 1. The highest BCUT2D eigenvalue weighted by Crippen LogP contribution is 2.32. The number of fused-ring (bicyclic) bond motifs is 1. The molecule has 0 aliphatic carbocycles. The Bertz CT molecular complexity index is 1230. The van der Waals surface area contributed by atoms with Gasteiger partial charge < -0.3 is 20.1 Å². The number of urea groups is 1. The molecule has 8 nitrogen and oxygen atoms in total. The van der Waals surface area contributed by atoms with Crippen molar-refractivity contribution in [1.29, 1.82) is 0 Å². The lowest BCUT2D eigenvalue weighted by atomic mass is 9.90. The molecule has 0 bridgehead atoms. The summed E-state index contributed by atoms with van der Waals surface area (Å²) < 4.78 is 10.4. The highest BCUT2D eigenvalue weighted by Gasteiger charge is 2.49. The first-order valence-corrected chi connectivity index (χ1v) is 10.0. The van der Waals surface area contributed by atoms with Crippen LogP contribution in [0.5, 0.6) is 11.5 Å². The van der Waals surface area contributed by atoms with Crippen molar-refractivity contribution < 1.29 is 23.9 Å². The highest BCUT2D eigenvalue weighted by atomic mass is 16.5. The van der Waals surface area contributed by atoms with Crippen LogP contribution in [0, 0.1) is 0 Å². The normalized spacial score (nSPS) is 17.9. The largest absolute Gasteiger partial charge is 0.497 e. The zero-order valence-electron chi connectivity index (χ0n) is 18.0. The smallest absolute Gasteiger partial charge is 0.325 e. The van der Waals surface area contributed by atoms with Crippen molar-refractivity contribution in [2.75, 3.05) is 26.1 Å². The molecule has 1 fully saturated rings. The van der Waals surface area contributed by atoms with E-state index in [1.165, 1.54) is 14.2 Å². The summed E-state index contributed by atoms with van der Waals surface area (Å²) >= 11 is 0. The number of anilines is 1. The lowest BCUT2D eigenvalue weighted by Crippen LogP contribution is -2.42. The fourth-order valence-electron chi connectivity index (χ4n) is 3.78. The molecule has 0 saturated carbocycles. The summed E-state index contributed by atoms with van der Waals surface area (Å²) in [6.45, 7) is 1.20. The topological polar surface area (TPSA) is 97.0 Å². The number of hydrogen-bond donors (Lipinski definition) is 2. The van der Waals surface area contributed by atoms with Crippen LogP contribution in [-0.4, -0.2) is 43.5 Å². The summed E-state index contributed by atoms with van der Waals surface area (Å²) in [7, 11) is 2.98. The molecule has 1 aliphatic heterocycles. The van der Waals surface area contributed by atoms with E-state index in [-0.39, 0.29) is 0 Å². The molecule has 4 rings (SSSR count). The molecule has 4 amide bonds. The summed E-state index contributed by atoms with van der Waals surface area (Å²) in [5.74, 6) is -0.0781. The quantitative estimate of drug-likeness (QED) is 0.582. The SMILES string of the molecule is COc1ccc(OC)c(NC(=O)CN2C(=O)N[C@@](C)(c3ccc4ccccc4c3)C2=O)c1. The van der Waals surface area contributed by atoms with E-state index in [9.17, 15) is 14.4 Å². The molecule has 0 unspecified atom stereocenters. The molecule has 0 spiro atoms. The zero-order chi connectivity index (χ0) is 22.9. The minimum atomic E-state index is -1.27. The minimum absolute atomic E-state index is 0.376. The van der Waals surface area contributed by atoms with Crippen LogP contribution in [0.4, 0.5) is 10.5 Å². The molecule has 3 aromatic rings. The first kappa shape index (κ1) is 21.2. The van der Waals surface area contributed by atoms with Gasteiger partial charge in [-0.25, -0.2) is 4.79 Å². The lowest BCUT2D eigenvalue weighted by molar-refractivity contribution is -0.133. The number of nitrogens with one attached hydrogen (secondary N) is 2. The Balaban J connectivity index is 1.54. The molecule has 1 aliphatic rings. The van der Waals surface area contributed by atoms with E-state index in [1.54, 1.807) is 25.1 Å². The second kappa shape index (κ2) is 8.22. The molecular weight excluding hydrogens is 410 g/mol. The second-order valence-corrected chi connectivity index (χ2v) is 7.62. The van der Waals surface area contributed by atoms with Crippen LogP contribution in [0.3, 0.4) is 0 Å². The Labute approximate surface area is 185 Å². The first-order valence-electron chi connectivity index (χ1n) is 10.0. The van der Waals surface area contributed by atoms with Crippen LogP contribution < -0.4 is 20.1 Å². The first-order chi connectivity index (χ1) is 15.4. The molecular formula is C24H23N3O5. The second-order valence-electron chi connectivity index (χ2n) is 7.62. The van der Waals surface area contributed by atoms with Crippen molar-refractivity contribution >= 4 is 34.3 Å². The van der Waals surface area contributed by atoms with Crippen molar-refractivity contribution in [2.45, 2.75) is 12.5 Å². The van der Waals surface area contributed by atoms with E-state index in [0.29, 0.717) is 22.7 Å². The number of ether oxygens (including phenoxy) is 2. The maximum atomic E-state index is 13.2. The molecule has 2 N–H and O–H groups in total. The van der Waals surface area contributed by atoms with Gasteiger partial charge in [-0.05, 0) is 41.5 Å². The van der Waals surface area contributed by atoms with Crippen LogP contribution in [0.1, 0.15) is 12.5 Å². The molecule has 164 valence electrons. The summed E-state index contributed by atoms with van der Waals surface area (Å²) in [4.78, 5) is 39.4. The van der Waals surface area contributed by atoms with Crippen molar-refractivity contribution in [3.8, 4) is 11.5 Å². The van der Waals surface area contributed by atoms with Crippen molar-refractivity contribution in [3.63, 3.8) is 0 Å². The van der Waals surface area contributed by atoms with Crippen molar-refractivity contribution in [1.82, 2.24) is 10.2 Å². The van der Waals surface area contributed by atoms with Gasteiger partial charge in [-0.1, -0.05) is 36.4 Å². The summed E-state index contributed by atoms with van der Waals surface area (Å²) in [5, 5.41) is 7.39. The van der Waals surface area contributed by atoms with E-state index in [0.717, 1.165) is 15.7 Å². The third-order valence-electron chi connectivity index (χ3n) is 5.58. The zero-order valence-corrected chi connectivity index (χ0v) is 18.0. The van der Waals surface area contributed by atoms with E-state index in [1.807, 2.05) is 42.5 Å². The Morgan fingerprint density at radius 3 is 2.47 bits per heavy atom. The van der Waals surface area contributed by atoms with Gasteiger partial charge in [0, 0.05) is 6.07 Å². The van der Waals surface area contributed by atoms with Crippen LogP contribution in [0.2, 0.25) is 0 Å². The van der Waals surface area contributed by atoms with Gasteiger partial charge >= 0.3 is 6.03 Å². The average Bonchev–Trinajstić information content (AvgIpc) is 3.02. The van der Waals surface area contributed by atoms with E-state index in [2.05, 4.69) is 10.6 Å². The van der Waals surface area contributed by atoms with E-state index < -0.39 is 29.9 Å². The van der Waals surface area contributed by atoms with Gasteiger partial charge in [0.15, 0.2) is 0 Å². The van der Waals surface area contributed by atoms with E-state index >= 15 is 0 Å². The Kier molecular flexibility index (Phi) is 5.44. The van der Waals surface area contributed by atoms with Gasteiger partial charge in [0.2, 0.25) is 5.91 Å². The van der Waals surface area contributed by atoms with Crippen molar-refractivity contribution in [2.24, 2.45) is 0 Å². The third kappa shape index (κ3) is 3.71. The fourth-order valence-corrected chi connectivity index (χ4v) is 3.78. The Hall–Kier alpha value is -4.07. The molecule has 0 radical (unpaired) electrons. The van der Waals surface area contributed by atoms with Gasteiger partial charge in [0.1, 0.15) is 23.6 Å². The monoisotopic (exact) mass is 433 g/mol. The number of hydrogen-bond acceptors (Lipinski definition) is 5. The predicted octanol–water partition coefficient (Wildman–Crippen LogP) is 3.26. The van der Waals surface area contributed by atoms with Crippen LogP contribution in [0.15, 0.2) is 60.7 Å². The average molecular weight is 433 g/mol. The molecule has 8 heteroatoms. The number of methoxy groups -OCH3 is 2. The maximum absolute atomic E-state index is 13.2. The van der Waals surface area contributed by atoms with E-state index in [4.69, 9.17) is 9.47 Å². The van der Waals surface area contributed by atoms with Crippen molar-refractivity contribution in [3.05, 3.63) is 66.2 Å². The van der Waals surface area contributed by atoms with Crippen LogP contribution in [0.25, 0.3) is 10.8 Å². The molecule has 1 atom stereocenters. The van der Waals surface area contributed by atoms with Gasteiger partial charge in [-0.3, -0.25) is 14.5 Å². The summed E-state index contributed by atoms with van der Waals surface area (Å²) in [6, 6.07) is 17.7. The number of carbonyl (C=O) groups is 3. The van der Waals surface area contributed by atoms with Gasteiger partial charge in [0.25, 0.3) is 5.91 Å². The van der Waals surface area contributed by atoms with Crippen LogP contribution in [-0.2, 0) is 15.1 Å². The lowest BCUT2D eigenvalue weighted by Gasteiger charge is -2.22. The Morgan fingerprint density at radius 1 is 1.00 bits per heavy atom. The summed E-state index contributed by atoms with van der Waals surface area (Å²) in [6.07, 6.45) is 0. The fraction of sp³-hybridized carbons (Fsp3) is 0.208. The van der Waals surface area contributed by atoms with Crippen LogP contribution >= 0.6 is 0 Å². The molecule has 1 heterocycles. The standard InChI is InChI=1S/C24H23N3O5/c1-24(17-9-8-15-6-4-5-7-16(15)12-17)22(29)27(23(30)26-24)14-21(28)25-19-13-18(31-2)10-11-20(19)32-3/h4-13H,14H2,1-3H3,(H,25,28)(H,26,30)/t24-/m0/s1.